The Morgan fingerprint density at radius 1 is 0.872 bits per heavy atom. The van der Waals surface area contributed by atoms with Crippen molar-refractivity contribution in [3.8, 4) is 11.1 Å². The Kier molecular flexibility index (Phi) is 11.9. The number of aliphatic hydroxyl groups is 1. The number of hydrogen-bond acceptors (Lipinski definition) is 6. The molecule has 1 heterocycles. The summed E-state index contributed by atoms with van der Waals surface area (Å²) >= 11 is 0. The molecular weight excluding hydrogens is 592 g/mol. The molecule has 0 spiro atoms. The van der Waals surface area contributed by atoms with E-state index in [1.165, 1.54) is 5.56 Å². The van der Waals surface area contributed by atoms with E-state index in [-0.39, 0.29) is 43.6 Å². The summed E-state index contributed by atoms with van der Waals surface area (Å²) in [5.41, 5.74) is 7.06. The number of aliphatic hydroxyl groups excluding tert-OH is 1. The van der Waals surface area contributed by atoms with Gasteiger partial charge in [0, 0.05) is 44.0 Å². The van der Waals surface area contributed by atoms with Crippen LogP contribution in [0.15, 0.2) is 103 Å². The molecule has 1 aliphatic heterocycles. The summed E-state index contributed by atoms with van der Waals surface area (Å²) in [6, 6.07) is 34.7. The average Bonchev–Trinajstić information content (AvgIpc) is 3.10. The lowest BCUT2D eigenvalue weighted by atomic mass is 9.97. The van der Waals surface area contributed by atoms with Gasteiger partial charge in [-0.05, 0) is 53.8 Å². The molecule has 246 valence electrons. The van der Waals surface area contributed by atoms with Crippen molar-refractivity contribution >= 4 is 11.9 Å². The first-order valence-corrected chi connectivity index (χ1v) is 16.2. The lowest BCUT2D eigenvalue weighted by Crippen LogP contribution is -2.38. The van der Waals surface area contributed by atoms with Crippen molar-refractivity contribution in [1.29, 1.82) is 0 Å². The molecule has 4 aromatic rings. The fourth-order valence-corrected chi connectivity index (χ4v) is 5.96. The molecule has 5 rings (SSSR count). The van der Waals surface area contributed by atoms with Crippen molar-refractivity contribution in [2.75, 3.05) is 13.6 Å². The maximum absolute atomic E-state index is 12.3. The number of carbonyl (C=O) groups is 2. The van der Waals surface area contributed by atoms with Crippen LogP contribution in [0, 0.1) is 0 Å². The summed E-state index contributed by atoms with van der Waals surface area (Å²) < 4.78 is 13.2. The third-order valence-corrected chi connectivity index (χ3v) is 8.83. The number of carbonyl (C=O) groups excluding carboxylic acids is 1. The predicted octanol–water partition coefficient (Wildman–Crippen LogP) is 6.96. The van der Waals surface area contributed by atoms with Gasteiger partial charge in [-0.1, -0.05) is 103 Å². The number of likely N-dealkylation sites (N-methyl/N-ethyl adjacent to an activating group) is 1. The monoisotopic (exact) mass is 636 g/mol. The molecule has 47 heavy (non-hydrogen) atoms. The molecule has 3 N–H and O–H groups in total. The summed E-state index contributed by atoms with van der Waals surface area (Å²) in [5, 5.41) is 21.3. The van der Waals surface area contributed by atoms with Crippen LogP contribution in [0.3, 0.4) is 0 Å². The normalized spacial score (nSPS) is 18.5. The van der Waals surface area contributed by atoms with Crippen LogP contribution in [0.2, 0.25) is 0 Å². The molecule has 4 aromatic carbocycles. The number of benzene rings is 4. The number of ether oxygens (including phenoxy) is 2. The van der Waals surface area contributed by atoms with Crippen LogP contribution >= 0.6 is 0 Å². The fraction of sp³-hybridized carbons (Fsp3) is 0.333. The van der Waals surface area contributed by atoms with Gasteiger partial charge in [-0.15, -0.1) is 0 Å². The first kappa shape index (κ1) is 34.0. The van der Waals surface area contributed by atoms with Crippen LogP contribution < -0.4 is 5.32 Å². The molecule has 0 bridgehead atoms. The molecule has 1 fully saturated rings. The highest BCUT2D eigenvalue weighted by Crippen LogP contribution is 2.39. The Morgan fingerprint density at radius 3 is 2.26 bits per heavy atom. The van der Waals surface area contributed by atoms with Gasteiger partial charge in [0.15, 0.2) is 6.29 Å². The van der Waals surface area contributed by atoms with Crippen molar-refractivity contribution in [2.45, 2.75) is 70.3 Å². The van der Waals surface area contributed by atoms with Crippen LogP contribution in [-0.2, 0) is 32.2 Å². The summed E-state index contributed by atoms with van der Waals surface area (Å²) in [5.74, 6) is -1.06. The second-order valence-corrected chi connectivity index (χ2v) is 12.2. The van der Waals surface area contributed by atoms with Crippen molar-refractivity contribution in [3.63, 3.8) is 0 Å². The van der Waals surface area contributed by atoms with Crippen LogP contribution in [-0.4, -0.2) is 46.7 Å². The van der Waals surface area contributed by atoms with E-state index in [9.17, 15) is 14.7 Å². The van der Waals surface area contributed by atoms with Crippen molar-refractivity contribution < 1.29 is 29.3 Å². The lowest BCUT2D eigenvalue weighted by Gasteiger charge is -2.39. The summed E-state index contributed by atoms with van der Waals surface area (Å²) in [7, 11) is 2.13. The molecule has 8 nitrogen and oxygen atoms in total. The third-order valence-electron chi connectivity index (χ3n) is 8.83. The maximum Gasteiger partial charge on any atom is 0.303 e. The number of carboxylic acid groups (broad SMARTS) is 1. The van der Waals surface area contributed by atoms with E-state index in [1.807, 2.05) is 78.9 Å². The fourth-order valence-electron chi connectivity index (χ4n) is 5.96. The number of nitrogens with one attached hydrogen (secondary N) is 1. The van der Waals surface area contributed by atoms with Gasteiger partial charge in [-0.2, -0.15) is 0 Å². The summed E-state index contributed by atoms with van der Waals surface area (Å²) in [6.07, 6.45) is 0.358. The first-order valence-electron chi connectivity index (χ1n) is 16.2. The lowest BCUT2D eigenvalue weighted by molar-refractivity contribution is -0.253. The third kappa shape index (κ3) is 9.36. The van der Waals surface area contributed by atoms with E-state index >= 15 is 0 Å². The van der Waals surface area contributed by atoms with Crippen LogP contribution in [0.1, 0.15) is 78.9 Å². The Hall–Kier alpha value is -4.34. The van der Waals surface area contributed by atoms with E-state index in [0.29, 0.717) is 19.4 Å². The average molecular weight is 637 g/mol. The van der Waals surface area contributed by atoms with E-state index in [0.717, 1.165) is 39.9 Å². The van der Waals surface area contributed by atoms with Crippen molar-refractivity contribution in [1.82, 2.24) is 10.2 Å². The Balaban J connectivity index is 1.31. The zero-order valence-corrected chi connectivity index (χ0v) is 27.0. The number of aliphatic carboxylic acids is 1. The van der Waals surface area contributed by atoms with E-state index in [4.69, 9.17) is 14.6 Å². The second kappa shape index (κ2) is 16.5. The van der Waals surface area contributed by atoms with Crippen LogP contribution in [0.5, 0.6) is 0 Å². The SMILES string of the molecule is C[C@@H](c1ccccc1)N(C)C[C@@H]1C[C@H](c2ccc(CO)cc2)O[C@H](c2ccc(-c3ccccc3CNC(=O)CCCC(=O)O)cc2)O1. The topological polar surface area (TPSA) is 108 Å². The van der Waals surface area contributed by atoms with Gasteiger partial charge in [0.1, 0.15) is 0 Å². The molecule has 0 saturated carbocycles. The maximum atomic E-state index is 12.3. The standard InChI is InChI=1S/C39H44N2O6/c1-27(29-9-4-3-5-10-29)41(2)25-34-23-36(31-17-15-28(26-42)16-18-31)47-39(46-34)32-21-19-30(20-22-32)35-12-7-6-11-33(35)24-40-37(43)13-8-14-38(44)45/h3-7,9-12,15-22,27,34,36,39,42H,8,13-14,23-26H2,1-2H3,(H,40,43)(H,44,45)/t27-,34-,36+,39+/m0/s1. The molecule has 0 aromatic heterocycles. The van der Waals surface area contributed by atoms with Gasteiger partial charge in [-0.25, -0.2) is 0 Å². The van der Waals surface area contributed by atoms with Gasteiger partial charge in [-0.3, -0.25) is 14.5 Å². The first-order chi connectivity index (χ1) is 22.8. The number of carboxylic acids is 1. The molecule has 8 heteroatoms. The molecular formula is C39H44N2O6. The summed E-state index contributed by atoms with van der Waals surface area (Å²) in [4.78, 5) is 25.4. The van der Waals surface area contributed by atoms with Gasteiger partial charge in [0.05, 0.1) is 18.8 Å². The Morgan fingerprint density at radius 2 is 1.55 bits per heavy atom. The second-order valence-electron chi connectivity index (χ2n) is 12.2. The van der Waals surface area contributed by atoms with Gasteiger partial charge >= 0.3 is 5.97 Å². The number of amides is 1. The smallest absolute Gasteiger partial charge is 0.303 e. The van der Waals surface area contributed by atoms with Crippen LogP contribution in [0.4, 0.5) is 0 Å². The minimum atomic E-state index is -0.900. The zero-order chi connectivity index (χ0) is 33.2. The molecule has 0 unspecified atom stereocenters. The number of rotatable bonds is 14. The minimum Gasteiger partial charge on any atom is -0.481 e. The van der Waals surface area contributed by atoms with Crippen molar-refractivity contribution in [3.05, 3.63) is 131 Å². The van der Waals surface area contributed by atoms with E-state index in [1.54, 1.807) is 0 Å². The molecule has 4 atom stereocenters. The van der Waals surface area contributed by atoms with Gasteiger partial charge in [0.2, 0.25) is 5.91 Å². The zero-order valence-electron chi connectivity index (χ0n) is 27.0. The minimum absolute atomic E-state index is 0.00300. The van der Waals surface area contributed by atoms with E-state index < -0.39 is 12.3 Å². The molecule has 1 amide bonds. The summed E-state index contributed by atoms with van der Waals surface area (Å²) in [6.45, 7) is 3.29. The highest BCUT2D eigenvalue weighted by atomic mass is 16.7. The number of nitrogens with zero attached hydrogens (tertiary/aromatic N) is 1. The highest BCUT2D eigenvalue weighted by Gasteiger charge is 2.33. The van der Waals surface area contributed by atoms with Gasteiger partial charge < -0.3 is 25.0 Å². The molecule has 1 saturated heterocycles. The molecule has 0 radical (unpaired) electrons. The predicted molar refractivity (Wildman–Crippen MR) is 181 cm³/mol. The van der Waals surface area contributed by atoms with E-state index in [2.05, 4.69) is 48.5 Å². The highest BCUT2D eigenvalue weighted by molar-refractivity contribution is 5.77. The Labute approximate surface area is 277 Å². The quantitative estimate of drug-likeness (QED) is 0.137. The molecule has 1 aliphatic rings. The van der Waals surface area contributed by atoms with Crippen LogP contribution in [0.25, 0.3) is 11.1 Å². The Bertz CT molecular complexity index is 1590. The van der Waals surface area contributed by atoms with Gasteiger partial charge in [0.25, 0.3) is 0 Å². The molecule has 0 aliphatic carbocycles. The number of hydrogen-bond donors (Lipinski definition) is 3. The largest absolute Gasteiger partial charge is 0.481 e. The van der Waals surface area contributed by atoms with Crippen molar-refractivity contribution in [2.24, 2.45) is 0 Å².